The summed E-state index contributed by atoms with van der Waals surface area (Å²) in [4.78, 5) is 11.5. The molecule has 2 rings (SSSR count). The molecule has 0 aliphatic carbocycles. The summed E-state index contributed by atoms with van der Waals surface area (Å²) in [6.07, 6.45) is 2.38. The van der Waals surface area contributed by atoms with Gasteiger partial charge in [0, 0.05) is 6.92 Å². The molecule has 0 unspecified atom stereocenters. The number of fused-ring (bicyclic) bond motifs is 1. The van der Waals surface area contributed by atoms with Crippen molar-refractivity contribution in [2.75, 3.05) is 0 Å². The van der Waals surface area contributed by atoms with Crippen LogP contribution in [-0.4, -0.2) is 0 Å². The van der Waals surface area contributed by atoms with Gasteiger partial charge in [-0.2, -0.15) is 5.26 Å². The second-order valence-corrected chi connectivity index (χ2v) is 3.16. The van der Waals surface area contributed by atoms with E-state index in [4.69, 9.17) is 14.4 Å². The normalized spacial score (nSPS) is 9.18. The molecular formula is C13H7NO3. The first-order chi connectivity index (χ1) is 8.27. The van der Waals surface area contributed by atoms with Crippen LogP contribution in [0.25, 0.3) is 11.0 Å². The first-order valence-corrected chi connectivity index (χ1v) is 4.82. The molecule has 1 aromatic heterocycles. The highest BCUT2D eigenvalue weighted by atomic mass is 16.5. The molecule has 2 aromatic rings. The van der Waals surface area contributed by atoms with Crippen LogP contribution in [0.1, 0.15) is 12.5 Å². The maximum Gasteiger partial charge on any atom is 0.358 e. The first-order valence-electron chi connectivity index (χ1n) is 4.82. The zero-order valence-corrected chi connectivity index (χ0v) is 8.98. The molecule has 17 heavy (non-hydrogen) atoms. The van der Waals surface area contributed by atoms with Crippen molar-refractivity contribution >= 4 is 11.0 Å². The molecule has 0 saturated carbocycles. The van der Waals surface area contributed by atoms with Crippen LogP contribution in [0.2, 0.25) is 0 Å². The molecule has 82 valence electrons. The molecule has 0 saturated heterocycles. The van der Waals surface area contributed by atoms with Crippen LogP contribution in [0.4, 0.5) is 0 Å². The molecule has 0 bridgehead atoms. The summed E-state index contributed by atoms with van der Waals surface area (Å²) in [7, 11) is 0. The number of benzene rings is 1. The minimum atomic E-state index is -0.723. The van der Waals surface area contributed by atoms with Crippen LogP contribution < -0.4 is 10.4 Å². The van der Waals surface area contributed by atoms with Gasteiger partial charge in [-0.05, 0) is 12.1 Å². The van der Waals surface area contributed by atoms with Gasteiger partial charge in [0.15, 0.2) is 11.3 Å². The Morgan fingerprint density at radius 3 is 2.82 bits per heavy atom. The van der Waals surface area contributed by atoms with Gasteiger partial charge in [-0.3, -0.25) is 0 Å². The Hall–Kier alpha value is -2.72. The number of rotatable bonds is 1. The van der Waals surface area contributed by atoms with Crippen molar-refractivity contribution in [1.29, 1.82) is 5.26 Å². The van der Waals surface area contributed by atoms with Crippen molar-refractivity contribution in [3.05, 3.63) is 40.2 Å². The van der Waals surface area contributed by atoms with E-state index in [0.29, 0.717) is 11.0 Å². The molecule has 0 spiro atoms. The Balaban J connectivity index is 2.86. The average molecular weight is 225 g/mol. The number of ether oxygens (including phenoxy) is 1. The number of nitrogens with zero attached hydrogens (tertiary/aromatic N) is 1. The van der Waals surface area contributed by atoms with Crippen LogP contribution in [-0.2, 0) is 0 Å². The zero-order chi connectivity index (χ0) is 12.3. The highest BCUT2D eigenvalue weighted by Gasteiger charge is 2.15. The third kappa shape index (κ3) is 1.84. The Bertz CT molecular complexity index is 726. The molecule has 0 fully saturated rings. The van der Waals surface area contributed by atoms with E-state index in [2.05, 4.69) is 12.0 Å². The highest BCUT2D eigenvalue weighted by Crippen LogP contribution is 2.26. The third-order valence-electron chi connectivity index (χ3n) is 2.13. The van der Waals surface area contributed by atoms with Gasteiger partial charge in [-0.15, -0.1) is 0 Å². The molecule has 1 aromatic carbocycles. The van der Waals surface area contributed by atoms with Crippen molar-refractivity contribution in [3.8, 4) is 23.8 Å². The smallest absolute Gasteiger partial charge is 0.358 e. The summed E-state index contributed by atoms with van der Waals surface area (Å²) in [5.74, 6) is 2.68. The van der Waals surface area contributed by atoms with E-state index in [0.717, 1.165) is 0 Å². The van der Waals surface area contributed by atoms with Gasteiger partial charge in [-0.25, -0.2) is 4.79 Å². The maximum absolute atomic E-state index is 11.5. The Morgan fingerprint density at radius 1 is 1.35 bits per heavy atom. The van der Waals surface area contributed by atoms with Crippen LogP contribution in [0.5, 0.6) is 5.75 Å². The summed E-state index contributed by atoms with van der Waals surface area (Å²) in [6, 6.07) is 8.58. The van der Waals surface area contributed by atoms with Gasteiger partial charge >= 0.3 is 5.63 Å². The van der Waals surface area contributed by atoms with Crippen molar-refractivity contribution < 1.29 is 9.15 Å². The number of nitriles is 1. The standard InChI is InChI=1S/C13H7NO3/c1-2-7-16-12-9-5-3-4-6-11(9)17-13(15)10(12)8-14/h3-6H,1H3. The van der Waals surface area contributed by atoms with E-state index in [1.807, 2.05) is 0 Å². The van der Waals surface area contributed by atoms with Crippen LogP contribution >= 0.6 is 0 Å². The van der Waals surface area contributed by atoms with E-state index >= 15 is 0 Å². The predicted octanol–water partition coefficient (Wildman–Crippen LogP) is 2.02. The molecule has 0 radical (unpaired) electrons. The Morgan fingerprint density at radius 2 is 2.12 bits per heavy atom. The second kappa shape index (κ2) is 4.42. The number of hydrogen-bond acceptors (Lipinski definition) is 4. The van der Waals surface area contributed by atoms with Gasteiger partial charge in [0.05, 0.1) is 5.39 Å². The van der Waals surface area contributed by atoms with E-state index in [9.17, 15) is 4.79 Å². The maximum atomic E-state index is 11.5. The summed E-state index contributed by atoms with van der Waals surface area (Å²) in [5.41, 5.74) is -0.532. The SMILES string of the molecule is CC#COc1c(C#N)c(=O)oc2ccccc12. The van der Waals surface area contributed by atoms with Crippen LogP contribution in [0, 0.1) is 23.4 Å². The van der Waals surface area contributed by atoms with Gasteiger partial charge in [-0.1, -0.05) is 18.1 Å². The monoisotopic (exact) mass is 225 g/mol. The summed E-state index contributed by atoms with van der Waals surface area (Å²) >= 11 is 0. The van der Waals surface area contributed by atoms with E-state index in [1.165, 1.54) is 0 Å². The minimum Gasteiger partial charge on any atom is -0.422 e. The molecule has 4 heteroatoms. The summed E-state index contributed by atoms with van der Waals surface area (Å²) in [6.45, 7) is 1.60. The molecule has 0 aliphatic heterocycles. The lowest BCUT2D eigenvalue weighted by Crippen LogP contribution is -2.06. The minimum absolute atomic E-state index is 0.147. The van der Waals surface area contributed by atoms with Crippen molar-refractivity contribution in [1.82, 2.24) is 0 Å². The van der Waals surface area contributed by atoms with Crippen molar-refractivity contribution in [3.63, 3.8) is 0 Å². The van der Waals surface area contributed by atoms with E-state index < -0.39 is 5.63 Å². The van der Waals surface area contributed by atoms with Gasteiger partial charge < -0.3 is 9.15 Å². The van der Waals surface area contributed by atoms with Crippen molar-refractivity contribution in [2.24, 2.45) is 0 Å². The van der Waals surface area contributed by atoms with Gasteiger partial charge in [0.1, 0.15) is 17.8 Å². The molecule has 1 heterocycles. The summed E-state index contributed by atoms with van der Waals surface area (Å²) in [5, 5.41) is 9.47. The summed E-state index contributed by atoms with van der Waals surface area (Å²) < 4.78 is 10.1. The first kappa shape index (κ1) is 10.8. The molecule has 0 amide bonds. The lowest BCUT2D eigenvalue weighted by atomic mass is 10.1. The fraction of sp³-hybridized carbons (Fsp3) is 0.0769. The lowest BCUT2D eigenvalue weighted by Gasteiger charge is -2.03. The fourth-order valence-electron chi connectivity index (χ4n) is 1.43. The second-order valence-electron chi connectivity index (χ2n) is 3.16. The Labute approximate surface area is 97.0 Å². The Kier molecular flexibility index (Phi) is 2.81. The fourth-order valence-corrected chi connectivity index (χ4v) is 1.43. The molecular weight excluding hydrogens is 218 g/mol. The predicted molar refractivity (Wildman–Crippen MR) is 61.3 cm³/mol. The quantitative estimate of drug-likeness (QED) is 0.550. The largest absolute Gasteiger partial charge is 0.422 e. The highest BCUT2D eigenvalue weighted by molar-refractivity contribution is 5.85. The molecule has 0 aliphatic rings. The topological polar surface area (TPSA) is 63.2 Å². The average Bonchev–Trinajstić information content (AvgIpc) is 2.35. The third-order valence-corrected chi connectivity index (χ3v) is 2.13. The number of hydrogen-bond donors (Lipinski definition) is 0. The van der Waals surface area contributed by atoms with E-state index in [1.54, 1.807) is 37.3 Å². The van der Waals surface area contributed by atoms with Crippen molar-refractivity contribution in [2.45, 2.75) is 6.92 Å². The van der Waals surface area contributed by atoms with Gasteiger partial charge in [0.2, 0.25) is 0 Å². The molecule has 4 nitrogen and oxygen atoms in total. The zero-order valence-electron chi connectivity index (χ0n) is 8.98. The van der Waals surface area contributed by atoms with Crippen LogP contribution in [0.3, 0.4) is 0 Å². The molecule has 0 atom stereocenters. The van der Waals surface area contributed by atoms with Crippen LogP contribution in [0.15, 0.2) is 33.5 Å². The van der Waals surface area contributed by atoms with E-state index in [-0.39, 0.29) is 11.3 Å². The molecule has 0 N–H and O–H groups in total. The lowest BCUT2D eigenvalue weighted by molar-refractivity contribution is 0.500. The number of para-hydroxylation sites is 1. The van der Waals surface area contributed by atoms with Gasteiger partial charge in [0.25, 0.3) is 0 Å².